The van der Waals surface area contributed by atoms with E-state index in [4.69, 9.17) is 4.74 Å². The van der Waals surface area contributed by atoms with Gasteiger partial charge in [-0.25, -0.2) is 9.37 Å². The molecule has 6 nitrogen and oxygen atoms in total. The zero-order valence-corrected chi connectivity index (χ0v) is 18.6. The number of carbonyl (C=O) groups excluding carboxylic acids is 2. The number of hydrogen-bond acceptors (Lipinski definition) is 5. The molecule has 0 bridgehead atoms. The molecule has 3 aromatic rings. The van der Waals surface area contributed by atoms with E-state index in [1.165, 1.54) is 17.4 Å². The molecule has 3 atom stereocenters. The molecule has 3 heterocycles. The van der Waals surface area contributed by atoms with E-state index in [0.717, 1.165) is 30.6 Å². The van der Waals surface area contributed by atoms with Gasteiger partial charge in [-0.2, -0.15) is 0 Å². The molecule has 1 N–H and O–H groups in total. The lowest BCUT2D eigenvalue weighted by molar-refractivity contribution is 0.0684. The fourth-order valence-corrected chi connectivity index (χ4v) is 5.96. The van der Waals surface area contributed by atoms with Crippen LogP contribution in [0.2, 0.25) is 0 Å². The van der Waals surface area contributed by atoms with Crippen molar-refractivity contribution in [2.75, 3.05) is 13.2 Å². The maximum absolute atomic E-state index is 14.4. The molecule has 1 saturated carbocycles. The molecule has 8 heteroatoms. The van der Waals surface area contributed by atoms with Crippen LogP contribution in [0.4, 0.5) is 4.39 Å². The molecule has 33 heavy (non-hydrogen) atoms. The molecular weight excluding hydrogens is 441 g/mol. The number of likely N-dealkylation sites (tertiary alicyclic amines) is 1. The second-order valence-electron chi connectivity index (χ2n) is 8.77. The van der Waals surface area contributed by atoms with Crippen molar-refractivity contribution >= 4 is 23.2 Å². The molecule has 0 spiro atoms. The van der Waals surface area contributed by atoms with Gasteiger partial charge >= 0.3 is 0 Å². The Balaban J connectivity index is 1.21. The van der Waals surface area contributed by atoms with Gasteiger partial charge in [-0.1, -0.05) is 24.3 Å². The highest BCUT2D eigenvalue weighted by Crippen LogP contribution is 2.48. The third-order valence-corrected chi connectivity index (χ3v) is 7.68. The van der Waals surface area contributed by atoms with E-state index in [1.807, 2.05) is 23.1 Å². The number of thiazole rings is 1. The largest absolute Gasteiger partial charge is 0.493 e. The van der Waals surface area contributed by atoms with Gasteiger partial charge in [-0.15, -0.1) is 11.3 Å². The van der Waals surface area contributed by atoms with Crippen LogP contribution < -0.4 is 10.1 Å². The molecule has 3 aliphatic rings. The first-order valence-corrected chi connectivity index (χ1v) is 12.0. The average molecular weight is 464 g/mol. The first-order chi connectivity index (χ1) is 16.1. The van der Waals surface area contributed by atoms with E-state index >= 15 is 0 Å². The lowest BCUT2D eigenvalue weighted by Gasteiger charge is -2.27. The Hall–Kier alpha value is -3.26. The average Bonchev–Trinajstić information content (AvgIpc) is 3.21. The van der Waals surface area contributed by atoms with Crippen LogP contribution in [0.3, 0.4) is 0 Å². The highest BCUT2D eigenvalue weighted by Gasteiger charge is 2.54. The van der Waals surface area contributed by atoms with Crippen molar-refractivity contribution in [3.8, 4) is 16.2 Å². The van der Waals surface area contributed by atoms with Crippen LogP contribution in [-0.4, -0.2) is 46.9 Å². The van der Waals surface area contributed by atoms with Crippen LogP contribution in [0.1, 0.15) is 39.3 Å². The summed E-state index contributed by atoms with van der Waals surface area (Å²) in [6.07, 6.45) is 2.55. The summed E-state index contributed by atoms with van der Waals surface area (Å²) < 4.78 is 20.0. The number of ether oxygens (including phenoxy) is 1. The van der Waals surface area contributed by atoms with Gasteiger partial charge in [0.2, 0.25) is 0 Å². The van der Waals surface area contributed by atoms with E-state index in [-0.39, 0.29) is 35.4 Å². The van der Waals surface area contributed by atoms with Crippen molar-refractivity contribution in [3.63, 3.8) is 0 Å². The number of fused-ring (bicyclic) bond motifs is 2. The van der Waals surface area contributed by atoms with Crippen molar-refractivity contribution in [1.82, 2.24) is 15.2 Å². The summed E-state index contributed by atoms with van der Waals surface area (Å²) in [6.45, 7) is 0.965. The normalized spacial score (nSPS) is 22.5. The van der Waals surface area contributed by atoms with E-state index in [9.17, 15) is 14.0 Å². The Bertz CT molecular complexity index is 1260. The maximum atomic E-state index is 14.4. The van der Waals surface area contributed by atoms with Gasteiger partial charge in [-0.3, -0.25) is 9.59 Å². The number of rotatable bonds is 5. The number of aromatic nitrogens is 1. The minimum Gasteiger partial charge on any atom is -0.493 e. The number of halogens is 1. The van der Waals surface area contributed by atoms with E-state index in [0.29, 0.717) is 35.1 Å². The Morgan fingerprint density at radius 2 is 2.06 bits per heavy atom. The highest BCUT2D eigenvalue weighted by atomic mass is 32.1. The smallest absolute Gasteiger partial charge is 0.274 e. The molecule has 168 valence electrons. The summed E-state index contributed by atoms with van der Waals surface area (Å²) in [7, 11) is 0. The fourth-order valence-electron chi connectivity index (χ4n) is 5.16. The van der Waals surface area contributed by atoms with Crippen molar-refractivity contribution in [1.29, 1.82) is 0 Å². The van der Waals surface area contributed by atoms with Crippen LogP contribution in [-0.2, 0) is 6.42 Å². The number of nitrogens with one attached hydrogen (secondary N) is 1. The number of carbonyl (C=O) groups is 2. The molecule has 1 saturated heterocycles. The molecule has 2 aromatic carbocycles. The molecule has 1 aromatic heterocycles. The molecule has 1 aliphatic carbocycles. The van der Waals surface area contributed by atoms with Gasteiger partial charge in [0.25, 0.3) is 11.8 Å². The van der Waals surface area contributed by atoms with Crippen molar-refractivity contribution < 1.29 is 18.7 Å². The van der Waals surface area contributed by atoms with Crippen molar-refractivity contribution in [2.45, 2.75) is 31.3 Å². The van der Waals surface area contributed by atoms with Gasteiger partial charge in [0.15, 0.2) is 0 Å². The number of hydrogen-bond donors (Lipinski definition) is 1. The minimum absolute atomic E-state index is 0.103. The monoisotopic (exact) mass is 463 g/mol. The van der Waals surface area contributed by atoms with E-state index in [1.54, 1.807) is 23.7 Å². The molecule has 2 aliphatic heterocycles. The van der Waals surface area contributed by atoms with Crippen LogP contribution in [0.5, 0.6) is 5.75 Å². The second-order valence-corrected chi connectivity index (χ2v) is 9.62. The van der Waals surface area contributed by atoms with Crippen LogP contribution >= 0.6 is 11.3 Å². The van der Waals surface area contributed by atoms with Gasteiger partial charge < -0.3 is 15.0 Å². The van der Waals surface area contributed by atoms with Gasteiger partial charge in [0, 0.05) is 35.7 Å². The highest BCUT2D eigenvalue weighted by molar-refractivity contribution is 7.13. The lowest BCUT2D eigenvalue weighted by Crippen LogP contribution is -2.45. The van der Waals surface area contributed by atoms with Gasteiger partial charge in [-0.05, 0) is 37.0 Å². The van der Waals surface area contributed by atoms with E-state index in [2.05, 4.69) is 10.3 Å². The summed E-state index contributed by atoms with van der Waals surface area (Å²) in [5.74, 6) is 0.523. The van der Waals surface area contributed by atoms with Gasteiger partial charge in [0.1, 0.15) is 17.3 Å². The fraction of sp³-hybridized carbons (Fsp3) is 0.320. The van der Waals surface area contributed by atoms with Crippen molar-refractivity contribution in [2.24, 2.45) is 5.92 Å². The molecule has 2 fully saturated rings. The van der Waals surface area contributed by atoms with E-state index < -0.39 is 0 Å². The van der Waals surface area contributed by atoms with Crippen LogP contribution in [0, 0.1) is 11.7 Å². The SMILES string of the molecule is O=C(NC[C@@H]1C[C@@H]2C[C@@H]2N1C(=O)c1ncsc1-c1ccccc1F)c1cccc2c1CCO2. The summed E-state index contributed by atoms with van der Waals surface area (Å²) in [5.41, 5.74) is 3.83. The third kappa shape index (κ3) is 3.49. The Labute approximate surface area is 194 Å². The van der Waals surface area contributed by atoms with Gasteiger partial charge in [0.05, 0.1) is 23.0 Å². The predicted octanol–water partition coefficient (Wildman–Crippen LogP) is 3.92. The summed E-state index contributed by atoms with van der Waals surface area (Å²) in [5, 5.41) is 3.03. The molecule has 2 amide bonds. The topological polar surface area (TPSA) is 71.5 Å². The van der Waals surface area contributed by atoms with Crippen LogP contribution in [0.25, 0.3) is 10.4 Å². The zero-order valence-electron chi connectivity index (χ0n) is 17.8. The zero-order chi connectivity index (χ0) is 22.5. The second kappa shape index (κ2) is 7.95. The van der Waals surface area contributed by atoms with Crippen molar-refractivity contribution in [3.05, 3.63) is 70.6 Å². The molecular formula is C25H22FN3O3S. The third-order valence-electron chi connectivity index (χ3n) is 6.82. The quantitative estimate of drug-likeness (QED) is 0.623. The minimum atomic E-state index is -0.371. The lowest BCUT2D eigenvalue weighted by atomic mass is 10.0. The standard InChI is InChI=1S/C25H22FN3O3S/c26-19-6-2-1-4-18(19)23-22(28-13-33-23)25(31)29-15(10-14-11-20(14)29)12-27-24(30)17-5-3-7-21-16(17)8-9-32-21/h1-7,13-15,20H,8-12H2,(H,27,30)/t14-,15+,20+/m1/s1. The molecule has 0 unspecified atom stereocenters. The Morgan fingerprint density at radius 3 is 2.94 bits per heavy atom. The van der Waals surface area contributed by atoms with Crippen LogP contribution in [0.15, 0.2) is 48.0 Å². The number of benzene rings is 2. The predicted molar refractivity (Wildman–Crippen MR) is 122 cm³/mol. The Kier molecular flexibility index (Phi) is 4.90. The number of nitrogens with zero attached hydrogens (tertiary/aromatic N) is 2. The number of amides is 2. The molecule has 0 radical (unpaired) electrons. The Morgan fingerprint density at radius 1 is 1.18 bits per heavy atom. The number of piperidine rings is 1. The summed E-state index contributed by atoms with van der Waals surface area (Å²) in [4.78, 5) is 33.2. The summed E-state index contributed by atoms with van der Waals surface area (Å²) >= 11 is 1.27. The first-order valence-electron chi connectivity index (χ1n) is 11.2. The maximum Gasteiger partial charge on any atom is 0.274 e. The first kappa shape index (κ1) is 20.4. The molecule has 6 rings (SSSR count). The summed E-state index contributed by atoms with van der Waals surface area (Å²) in [6, 6.07) is 12.0.